The van der Waals surface area contributed by atoms with Crippen molar-refractivity contribution in [1.29, 1.82) is 0 Å². The van der Waals surface area contributed by atoms with E-state index in [0.29, 0.717) is 29.9 Å². The smallest absolute Gasteiger partial charge is 0.495 e. The Morgan fingerprint density at radius 1 is 1.13 bits per heavy atom. The lowest BCUT2D eigenvalue weighted by Gasteiger charge is -2.24. The number of benzene rings is 2. The van der Waals surface area contributed by atoms with E-state index in [4.69, 9.17) is 4.74 Å². The van der Waals surface area contributed by atoms with Crippen molar-refractivity contribution in [3.05, 3.63) is 48.0 Å². The molecule has 4 rings (SSSR count). The van der Waals surface area contributed by atoms with Gasteiger partial charge in [0, 0.05) is 24.0 Å². The Morgan fingerprint density at radius 3 is 2.63 bits per heavy atom. The van der Waals surface area contributed by atoms with Crippen molar-refractivity contribution in [2.45, 2.75) is 12.8 Å². The minimum atomic E-state index is -4.84. The normalized spacial score (nSPS) is 13.4. The Balaban J connectivity index is 1.95. The van der Waals surface area contributed by atoms with Gasteiger partial charge in [-0.2, -0.15) is 0 Å². The summed E-state index contributed by atoms with van der Waals surface area (Å²) >= 11 is 0. The molecule has 0 atom stereocenters. The van der Waals surface area contributed by atoms with Gasteiger partial charge in [-0.05, 0) is 24.6 Å². The first-order valence-corrected chi connectivity index (χ1v) is 9.39. The van der Waals surface area contributed by atoms with Crippen LogP contribution in [0.3, 0.4) is 0 Å². The Labute approximate surface area is 170 Å². The van der Waals surface area contributed by atoms with Crippen LogP contribution in [0.15, 0.2) is 42.5 Å². The molecule has 9 heteroatoms. The molecule has 0 amide bonds. The summed E-state index contributed by atoms with van der Waals surface area (Å²) in [5.41, 5.74) is 2.51. The van der Waals surface area contributed by atoms with E-state index in [1.165, 1.54) is 12.1 Å². The molecule has 1 aliphatic rings. The molecule has 0 spiro atoms. The topological polar surface area (TPSA) is 66.9 Å². The highest BCUT2D eigenvalue weighted by molar-refractivity contribution is 6.02. The number of alkyl halides is 3. The molecule has 0 unspecified atom stereocenters. The van der Waals surface area contributed by atoms with Crippen molar-refractivity contribution < 1.29 is 27.8 Å². The van der Waals surface area contributed by atoms with Crippen LogP contribution in [0.5, 0.6) is 11.5 Å². The van der Waals surface area contributed by atoms with Crippen LogP contribution >= 0.6 is 0 Å². The summed E-state index contributed by atoms with van der Waals surface area (Å²) in [6.07, 6.45) is -4.20. The summed E-state index contributed by atoms with van der Waals surface area (Å²) in [5, 5.41) is 12.8. The molecule has 0 aliphatic carbocycles. The number of nitrogens with zero attached hydrogens (tertiary/aromatic N) is 2. The van der Waals surface area contributed by atoms with Gasteiger partial charge in [0.2, 0.25) is 0 Å². The Kier molecular flexibility index (Phi) is 5.29. The van der Waals surface area contributed by atoms with Crippen molar-refractivity contribution in [2.24, 2.45) is 0 Å². The highest BCUT2D eigenvalue weighted by atomic mass is 19.4. The number of nitrogens with one attached hydrogen (secondary N) is 1. The van der Waals surface area contributed by atoms with E-state index in [9.17, 15) is 18.3 Å². The summed E-state index contributed by atoms with van der Waals surface area (Å²) in [6.45, 7) is 0.696. The van der Waals surface area contributed by atoms with Crippen molar-refractivity contribution in [3.8, 4) is 11.5 Å². The maximum absolute atomic E-state index is 13.0. The zero-order valence-electron chi connectivity index (χ0n) is 16.2. The second kappa shape index (κ2) is 7.91. The van der Waals surface area contributed by atoms with E-state index < -0.39 is 6.36 Å². The fraction of sp³-hybridized carbons (Fsp3) is 0.286. The molecule has 1 aromatic heterocycles. The lowest BCUT2D eigenvalue weighted by molar-refractivity contribution is -0.274. The van der Waals surface area contributed by atoms with Gasteiger partial charge in [-0.25, -0.2) is 4.98 Å². The van der Waals surface area contributed by atoms with Crippen LogP contribution in [-0.2, 0) is 6.42 Å². The SMILES string of the molecule is COc1ccccc1N1CCc2c(NCCO)nc3c(OC(F)(F)F)cccc3c21. The number of methoxy groups -OCH3 is 1. The van der Waals surface area contributed by atoms with Gasteiger partial charge in [0.15, 0.2) is 5.75 Å². The predicted molar refractivity (Wildman–Crippen MR) is 108 cm³/mol. The van der Waals surface area contributed by atoms with Gasteiger partial charge < -0.3 is 24.8 Å². The number of fused-ring (bicyclic) bond motifs is 3. The molecule has 3 aromatic rings. The number of pyridine rings is 1. The zero-order chi connectivity index (χ0) is 21.3. The van der Waals surface area contributed by atoms with Gasteiger partial charge in [0.1, 0.15) is 17.1 Å². The van der Waals surface area contributed by atoms with Gasteiger partial charge in [0.25, 0.3) is 0 Å². The minimum Gasteiger partial charge on any atom is -0.495 e. The number of aliphatic hydroxyl groups excluding tert-OH is 1. The average molecular weight is 419 g/mol. The number of hydrogen-bond acceptors (Lipinski definition) is 6. The molecule has 158 valence electrons. The quantitative estimate of drug-likeness (QED) is 0.623. The van der Waals surface area contributed by atoms with E-state index in [1.54, 1.807) is 13.2 Å². The third-order valence-corrected chi connectivity index (χ3v) is 4.91. The molecule has 2 N–H and O–H groups in total. The van der Waals surface area contributed by atoms with Gasteiger partial charge in [-0.1, -0.05) is 24.3 Å². The standard InChI is InChI=1S/C21H20F3N3O3/c1-29-16-7-3-2-6-15(16)27-11-9-14-19(27)13-5-4-8-17(30-21(22,23)24)18(13)26-20(14)25-10-12-28/h2-8,28H,9-12H2,1H3,(H,25,26). The van der Waals surface area contributed by atoms with Crippen LogP contribution in [0.2, 0.25) is 0 Å². The summed E-state index contributed by atoms with van der Waals surface area (Å²) in [5.74, 6) is 0.715. The van der Waals surface area contributed by atoms with Crippen molar-refractivity contribution >= 4 is 28.1 Å². The number of aliphatic hydroxyl groups is 1. The average Bonchev–Trinajstić information content (AvgIpc) is 3.17. The van der Waals surface area contributed by atoms with Crippen molar-refractivity contribution in [3.63, 3.8) is 0 Å². The Bertz CT molecular complexity index is 1070. The fourth-order valence-corrected chi connectivity index (χ4v) is 3.78. The van der Waals surface area contributed by atoms with Crippen LogP contribution in [0, 0.1) is 0 Å². The molecular formula is C21H20F3N3O3. The van der Waals surface area contributed by atoms with Crippen molar-refractivity contribution in [1.82, 2.24) is 4.98 Å². The lowest BCUT2D eigenvalue weighted by atomic mass is 10.1. The number of ether oxygens (including phenoxy) is 2. The predicted octanol–water partition coefficient (Wildman–Crippen LogP) is 4.24. The monoisotopic (exact) mass is 419 g/mol. The third kappa shape index (κ3) is 3.68. The molecule has 6 nitrogen and oxygen atoms in total. The van der Waals surface area contributed by atoms with Gasteiger partial charge in [-0.3, -0.25) is 0 Å². The molecule has 2 heterocycles. The van der Waals surface area contributed by atoms with Crippen LogP contribution in [0.1, 0.15) is 5.56 Å². The molecule has 0 radical (unpaired) electrons. The fourth-order valence-electron chi connectivity index (χ4n) is 3.78. The first-order chi connectivity index (χ1) is 14.4. The molecule has 0 bridgehead atoms. The lowest BCUT2D eigenvalue weighted by Crippen LogP contribution is -2.18. The molecule has 0 saturated heterocycles. The maximum Gasteiger partial charge on any atom is 0.573 e. The van der Waals surface area contributed by atoms with E-state index in [2.05, 4.69) is 15.0 Å². The van der Waals surface area contributed by atoms with Crippen LogP contribution < -0.4 is 19.7 Å². The van der Waals surface area contributed by atoms with Crippen molar-refractivity contribution in [2.75, 3.05) is 37.0 Å². The zero-order valence-corrected chi connectivity index (χ0v) is 16.2. The number of para-hydroxylation sites is 3. The number of halogens is 3. The number of aromatic nitrogens is 1. The molecule has 1 aliphatic heterocycles. The second-order valence-corrected chi connectivity index (χ2v) is 6.71. The van der Waals surface area contributed by atoms with E-state index in [0.717, 1.165) is 16.9 Å². The molecular weight excluding hydrogens is 399 g/mol. The van der Waals surface area contributed by atoms with E-state index in [-0.39, 0.29) is 24.4 Å². The van der Waals surface area contributed by atoms with E-state index in [1.807, 2.05) is 29.2 Å². The maximum atomic E-state index is 13.0. The third-order valence-electron chi connectivity index (χ3n) is 4.91. The number of hydrogen-bond donors (Lipinski definition) is 2. The summed E-state index contributed by atoms with van der Waals surface area (Å²) < 4.78 is 48.6. The van der Waals surface area contributed by atoms with Crippen LogP contribution in [0.25, 0.3) is 10.9 Å². The minimum absolute atomic E-state index is 0.0933. The second-order valence-electron chi connectivity index (χ2n) is 6.71. The number of rotatable bonds is 6. The van der Waals surface area contributed by atoms with Gasteiger partial charge in [-0.15, -0.1) is 13.2 Å². The van der Waals surface area contributed by atoms with Gasteiger partial charge >= 0.3 is 6.36 Å². The molecule has 0 fully saturated rings. The first-order valence-electron chi connectivity index (χ1n) is 9.39. The Hall–Kier alpha value is -3.20. The Morgan fingerprint density at radius 2 is 1.90 bits per heavy atom. The molecule has 2 aromatic carbocycles. The summed E-state index contributed by atoms with van der Waals surface area (Å²) in [4.78, 5) is 6.45. The molecule has 30 heavy (non-hydrogen) atoms. The van der Waals surface area contributed by atoms with Gasteiger partial charge in [0.05, 0.1) is 25.1 Å². The number of anilines is 3. The first kappa shape index (κ1) is 20.1. The van der Waals surface area contributed by atoms with Crippen LogP contribution in [-0.4, -0.2) is 43.3 Å². The highest BCUT2D eigenvalue weighted by Gasteiger charge is 2.34. The summed E-state index contributed by atoms with van der Waals surface area (Å²) in [6, 6.07) is 12.0. The van der Waals surface area contributed by atoms with E-state index >= 15 is 0 Å². The van der Waals surface area contributed by atoms with Crippen LogP contribution in [0.4, 0.5) is 30.4 Å². The summed E-state index contributed by atoms with van der Waals surface area (Å²) in [7, 11) is 1.57. The largest absolute Gasteiger partial charge is 0.573 e. The molecule has 0 saturated carbocycles. The highest BCUT2D eigenvalue weighted by Crippen LogP contribution is 2.47.